The standard InChI is InChI=1S/C8H16N2O2.2C2H6/c1-6(11)9-5-7(12)10-8(2,3)4;2*1-2/h5H2,1-4H3,(H,9,11)(H,10,12);2*1-2H3. The van der Waals surface area contributed by atoms with E-state index in [1.165, 1.54) is 6.92 Å². The summed E-state index contributed by atoms with van der Waals surface area (Å²) >= 11 is 0. The Morgan fingerprint density at radius 3 is 1.62 bits per heavy atom. The third-order valence-electron chi connectivity index (χ3n) is 1.01. The van der Waals surface area contributed by atoms with Gasteiger partial charge in [-0.1, -0.05) is 27.7 Å². The maximum Gasteiger partial charge on any atom is 0.239 e. The predicted molar refractivity (Wildman–Crippen MR) is 69.3 cm³/mol. The molecule has 0 saturated heterocycles. The highest BCUT2D eigenvalue weighted by Crippen LogP contribution is 1.96. The normalized spacial score (nSPS) is 8.75. The Morgan fingerprint density at radius 2 is 1.38 bits per heavy atom. The Balaban J connectivity index is -0.000000376. The van der Waals surface area contributed by atoms with E-state index in [4.69, 9.17) is 0 Å². The van der Waals surface area contributed by atoms with Crippen LogP contribution in [0.5, 0.6) is 0 Å². The zero-order valence-electron chi connectivity index (χ0n) is 12.0. The lowest BCUT2D eigenvalue weighted by atomic mass is 10.1. The van der Waals surface area contributed by atoms with Crippen molar-refractivity contribution in [2.75, 3.05) is 6.54 Å². The number of carbonyl (C=O) groups excluding carboxylic acids is 2. The van der Waals surface area contributed by atoms with Crippen molar-refractivity contribution in [2.45, 2.75) is 60.9 Å². The summed E-state index contributed by atoms with van der Waals surface area (Å²) in [5.41, 5.74) is -0.241. The van der Waals surface area contributed by atoms with E-state index in [1.54, 1.807) is 0 Å². The van der Waals surface area contributed by atoms with Crippen LogP contribution in [0.15, 0.2) is 0 Å². The average molecular weight is 232 g/mol. The van der Waals surface area contributed by atoms with Crippen molar-refractivity contribution in [3.05, 3.63) is 0 Å². The minimum absolute atomic E-state index is 0.0482. The molecule has 0 radical (unpaired) electrons. The molecule has 0 aromatic heterocycles. The third kappa shape index (κ3) is 23.1. The highest BCUT2D eigenvalue weighted by molar-refractivity contribution is 5.83. The second-order valence-corrected chi connectivity index (χ2v) is 3.71. The highest BCUT2D eigenvalue weighted by Gasteiger charge is 2.12. The van der Waals surface area contributed by atoms with Gasteiger partial charge in [0.15, 0.2) is 0 Å². The minimum atomic E-state index is -0.241. The fourth-order valence-electron chi connectivity index (χ4n) is 0.667. The van der Waals surface area contributed by atoms with Gasteiger partial charge in [-0.25, -0.2) is 0 Å². The second-order valence-electron chi connectivity index (χ2n) is 3.71. The number of amides is 2. The van der Waals surface area contributed by atoms with Gasteiger partial charge in [0.1, 0.15) is 0 Å². The second kappa shape index (κ2) is 12.0. The smallest absolute Gasteiger partial charge is 0.239 e. The molecule has 0 heterocycles. The van der Waals surface area contributed by atoms with Crippen molar-refractivity contribution in [3.63, 3.8) is 0 Å². The summed E-state index contributed by atoms with van der Waals surface area (Å²) in [6.07, 6.45) is 0. The Hall–Kier alpha value is -1.06. The van der Waals surface area contributed by atoms with Crippen LogP contribution < -0.4 is 10.6 Å². The Labute approximate surface area is 100 Å². The van der Waals surface area contributed by atoms with Gasteiger partial charge in [-0.2, -0.15) is 0 Å². The third-order valence-corrected chi connectivity index (χ3v) is 1.01. The summed E-state index contributed by atoms with van der Waals surface area (Å²) in [5, 5.41) is 5.14. The van der Waals surface area contributed by atoms with Gasteiger partial charge in [-0.05, 0) is 20.8 Å². The number of hydrogen-bond donors (Lipinski definition) is 2. The van der Waals surface area contributed by atoms with Gasteiger partial charge >= 0.3 is 0 Å². The number of hydrogen-bond acceptors (Lipinski definition) is 2. The molecule has 0 aliphatic carbocycles. The molecule has 0 bridgehead atoms. The summed E-state index contributed by atoms with van der Waals surface area (Å²) in [6.45, 7) is 15.1. The molecule has 4 nitrogen and oxygen atoms in total. The van der Waals surface area contributed by atoms with Crippen LogP contribution in [0.1, 0.15) is 55.4 Å². The Bertz CT molecular complexity index is 184. The van der Waals surface area contributed by atoms with Crippen LogP contribution in [0.2, 0.25) is 0 Å². The van der Waals surface area contributed by atoms with Crippen LogP contribution in [-0.4, -0.2) is 23.9 Å². The number of nitrogens with one attached hydrogen (secondary N) is 2. The molecule has 2 N–H and O–H groups in total. The van der Waals surface area contributed by atoms with E-state index in [2.05, 4.69) is 10.6 Å². The van der Waals surface area contributed by atoms with Crippen molar-refractivity contribution >= 4 is 11.8 Å². The van der Waals surface area contributed by atoms with Crippen LogP contribution in [0.25, 0.3) is 0 Å². The van der Waals surface area contributed by atoms with E-state index in [-0.39, 0.29) is 23.9 Å². The molecule has 16 heavy (non-hydrogen) atoms. The van der Waals surface area contributed by atoms with Gasteiger partial charge in [0.2, 0.25) is 11.8 Å². The number of rotatable bonds is 2. The summed E-state index contributed by atoms with van der Waals surface area (Å²) in [6, 6.07) is 0. The lowest BCUT2D eigenvalue weighted by Gasteiger charge is -2.20. The highest BCUT2D eigenvalue weighted by atomic mass is 16.2. The van der Waals surface area contributed by atoms with Gasteiger partial charge in [0.05, 0.1) is 6.54 Å². The first-order valence-corrected chi connectivity index (χ1v) is 5.87. The molecule has 0 saturated carbocycles. The van der Waals surface area contributed by atoms with Crippen molar-refractivity contribution in [2.24, 2.45) is 0 Å². The first-order chi connectivity index (χ1) is 7.31. The molecule has 0 aromatic carbocycles. The first-order valence-electron chi connectivity index (χ1n) is 5.87. The van der Waals surface area contributed by atoms with Crippen molar-refractivity contribution < 1.29 is 9.59 Å². The van der Waals surface area contributed by atoms with Crippen LogP contribution >= 0.6 is 0 Å². The van der Waals surface area contributed by atoms with Gasteiger partial charge in [0.25, 0.3) is 0 Å². The molecule has 0 aliphatic heterocycles. The molecule has 0 aromatic rings. The largest absolute Gasteiger partial charge is 0.350 e. The van der Waals surface area contributed by atoms with Crippen LogP contribution in [0, 0.1) is 0 Å². The van der Waals surface area contributed by atoms with E-state index < -0.39 is 0 Å². The first kappa shape index (κ1) is 20.4. The van der Waals surface area contributed by atoms with Crippen LogP contribution in [0.3, 0.4) is 0 Å². The zero-order chi connectivity index (χ0) is 13.8. The molecule has 0 atom stereocenters. The van der Waals surface area contributed by atoms with E-state index in [0.29, 0.717) is 0 Å². The SMILES string of the molecule is CC.CC.CC(=O)NCC(=O)NC(C)(C)C. The Morgan fingerprint density at radius 1 is 1.00 bits per heavy atom. The van der Waals surface area contributed by atoms with E-state index in [1.807, 2.05) is 48.5 Å². The zero-order valence-corrected chi connectivity index (χ0v) is 12.0. The minimum Gasteiger partial charge on any atom is -0.350 e. The van der Waals surface area contributed by atoms with Gasteiger partial charge in [-0.15, -0.1) is 0 Å². The summed E-state index contributed by atoms with van der Waals surface area (Å²) in [7, 11) is 0. The van der Waals surface area contributed by atoms with Crippen molar-refractivity contribution in [1.29, 1.82) is 0 Å². The molecule has 0 aliphatic rings. The number of carbonyl (C=O) groups is 2. The average Bonchev–Trinajstić information content (AvgIpc) is 2.18. The van der Waals surface area contributed by atoms with Gasteiger partial charge in [0, 0.05) is 12.5 Å². The molecule has 0 unspecified atom stereocenters. The molecule has 2 amide bonds. The molecule has 0 spiro atoms. The Kier molecular flexibility index (Phi) is 15.3. The van der Waals surface area contributed by atoms with E-state index >= 15 is 0 Å². The topological polar surface area (TPSA) is 58.2 Å². The van der Waals surface area contributed by atoms with Crippen LogP contribution in [-0.2, 0) is 9.59 Å². The van der Waals surface area contributed by atoms with Crippen molar-refractivity contribution in [3.8, 4) is 0 Å². The van der Waals surface area contributed by atoms with Gasteiger partial charge < -0.3 is 10.6 Å². The van der Waals surface area contributed by atoms with Gasteiger partial charge in [-0.3, -0.25) is 9.59 Å². The molecular weight excluding hydrogens is 204 g/mol. The fourth-order valence-corrected chi connectivity index (χ4v) is 0.667. The van der Waals surface area contributed by atoms with Crippen LogP contribution in [0.4, 0.5) is 0 Å². The summed E-state index contributed by atoms with van der Waals surface area (Å²) in [5.74, 6) is -0.364. The van der Waals surface area contributed by atoms with E-state index in [9.17, 15) is 9.59 Å². The lowest BCUT2D eigenvalue weighted by Crippen LogP contribution is -2.45. The summed E-state index contributed by atoms with van der Waals surface area (Å²) in [4.78, 5) is 21.5. The molecule has 98 valence electrons. The molecule has 0 rings (SSSR count). The maximum absolute atomic E-state index is 11.0. The monoisotopic (exact) mass is 232 g/mol. The summed E-state index contributed by atoms with van der Waals surface area (Å²) < 4.78 is 0. The predicted octanol–water partition coefficient (Wildman–Crippen LogP) is 2.09. The molecular formula is C12H28N2O2. The van der Waals surface area contributed by atoms with E-state index in [0.717, 1.165) is 0 Å². The quantitative estimate of drug-likeness (QED) is 0.766. The fraction of sp³-hybridized carbons (Fsp3) is 0.833. The maximum atomic E-state index is 11.0. The molecule has 4 heteroatoms. The molecule has 0 fully saturated rings. The lowest BCUT2D eigenvalue weighted by molar-refractivity contribution is -0.125. The van der Waals surface area contributed by atoms with Crippen molar-refractivity contribution in [1.82, 2.24) is 10.6 Å².